The second-order valence-corrected chi connectivity index (χ2v) is 7.50. The first-order valence-electron chi connectivity index (χ1n) is 9.68. The summed E-state index contributed by atoms with van der Waals surface area (Å²) in [4.78, 5) is 0. The topological polar surface area (TPSA) is 21.8 Å². The molecule has 26 heavy (non-hydrogen) atoms. The van der Waals surface area contributed by atoms with Crippen LogP contribution in [0.2, 0.25) is 0 Å². The van der Waals surface area contributed by atoms with Gasteiger partial charge in [0, 0.05) is 11.1 Å². The van der Waals surface area contributed by atoms with Gasteiger partial charge in [0.1, 0.15) is 6.10 Å². The molecule has 0 bridgehead atoms. The molecular formula is C24H26O2. The highest BCUT2D eigenvalue weighted by Crippen LogP contribution is 2.34. The van der Waals surface area contributed by atoms with Crippen LogP contribution >= 0.6 is 0 Å². The molecule has 1 heterocycles. The average molecular weight is 346 g/mol. The minimum atomic E-state index is 0.376. The Morgan fingerprint density at radius 1 is 0.885 bits per heavy atom. The maximum atomic E-state index is 5.95. The Balaban J connectivity index is 1.31. The Hall–Kier alpha value is -2.08. The van der Waals surface area contributed by atoms with E-state index in [1.54, 1.807) is 0 Å². The van der Waals surface area contributed by atoms with E-state index in [2.05, 4.69) is 67.3 Å². The lowest BCUT2D eigenvalue weighted by molar-refractivity contribution is 0.0165. The Bertz CT molecular complexity index is 768. The van der Waals surface area contributed by atoms with Gasteiger partial charge >= 0.3 is 0 Å². The van der Waals surface area contributed by atoms with Crippen LogP contribution in [0.1, 0.15) is 53.9 Å². The van der Waals surface area contributed by atoms with Gasteiger partial charge in [-0.05, 0) is 68.4 Å². The predicted octanol–water partition coefficient (Wildman–Crippen LogP) is 4.84. The van der Waals surface area contributed by atoms with Crippen LogP contribution < -0.4 is 0 Å². The third-order valence-corrected chi connectivity index (χ3v) is 5.38. The van der Waals surface area contributed by atoms with Gasteiger partial charge in [0.25, 0.3) is 0 Å². The van der Waals surface area contributed by atoms with Gasteiger partial charge in [0.05, 0.1) is 19.3 Å². The first-order valence-corrected chi connectivity index (χ1v) is 9.68. The quantitative estimate of drug-likeness (QED) is 0.584. The number of rotatable bonds is 4. The third kappa shape index (κ3) is 4.75. The van der Waals surface area contributed by atoms with Crippen molar-refractivity contribution in [2.24, 2.45) is 0 Å². The van der Waals surface area contributed by atoms with Crippen LogP contribution in [-0.2, 0) is 9.47 Å². The highest BCUT2D eigenvalue weighted by molar-refractivity contribution is 5.44. The minimum absolute atomic E-state index is 0.376. The molecule has 1 unspecified atom stereocenters. The van der Waals surface area contributed by atoms with E-state index in [0.29, 0.717) is 18.1 Å². The van der Waals surface area contributed by atoms with Gasteiger partial charge in [-0.25, -0.2) is 0 Å². The second-order valence-electron chi connectivity index (χ2n) is 7.50. The van der Waals surface area contributed by atoms with Crippen molar-refractivity contribution < 1.29 is 9.47 Å². The Morgan fingerprint density at radius 2 is 1.46 bits per heavy atom. The molecule has 0 radical (unpaired) electrons. The van der Waals surface area contributed by atoms with E-state index in [9.17, 15) is 0 Å². The van der Waals surface area contributed by atoms with Crippen LogP contribution in [0.4, 0.5) is 0 Å². The van der Waals surface area contributed by atoms with Gasteiger partial charge in [-0.15, -0.1) is 0 Å². The van der Waals surface area contributed by atoms with Crippen molar-refractivity contribution in [1.29, 1.82) is 0 Å². The van der Waals surface area contributed by atoms with Crippen LogP contribution in [-0.4, -0.2) is 25.4 Å². The first kappa shape index (κ1) is 17.3. The predicted molar refractivity (Wildman–Crippen MR) is 104 cm³/mol. The van der Waals surface area contributed by atoms with Gasteiger partial charge in [-0.1, -0.05) is 41.7 Å². The number of ether oxygens (including phenoxy) is 2. The molecule has 1 saturated heterocycles. The van der Waals surface area contributed by atoms with Crippen molar-refractivity contribution in [3.8, 4) is 11.8 Å². The highest BCUT2D eigenvalue weighted by Gasteiger charge is 2.27. The average Bonchev–Trinajstić information content (AvgIpc) is 3.51. The van der Waals surface area contributed by atoms with Crippen LogP contribution in [0.5, 0.6) is 0 Å². The molecule has 1 aliphatic carbocycles. The molecule has 0 aromatic heterocycles. The van der Waals surface area contributed by atoms with E-state index in [-0.39, 0.29) is 0 Å². The van der Waals surface area contributed by atoms with E-state index >= 15 is 0 Å². The molecule has 2 aromatic rings. The lowest BCUT2D eigenvalue weighted by atomic mass is 9.82. The summed E-state index contributed by atoms with van der Waals surface area (Å²) in [6, 6.07) is 17.2. The van der Waals surface area contributed by atoms with Crippen LogP contribution in [0.3, 0.4) is 0 Å². The van der Waals surface area contributed by atoms with Crippen molar-refractivity contribution >= 4 is 0 Å². The zero-order valence-electron chi connectivity index (χ0n) is 15.4. The molecule has 1 aliphatic heterocycles. The van der Waals surface area contributed by atoms with Crippen molar-refractivity contribution in [3.05, 3.63) is 70.8 Å². The summed E-state index contributed by atoms with van der Waals surface area (Å²) in [5, 5.41) is 0. The molecule has 134 valence electrons. The van der Waals surface area contributed by atoms with Crippen molar-refractivity contribution in [3.63, 3.8) is 0 Å². The number of benzene rings is 2. The summed E-state index contributed by atoms with van der Waals surface area (Å²) in [6.45, 7) is 3.76. The zero-order valence-corrected chi connectivity index (χ0v) is 15.4. The summed E-state index contributed by atoms with van der Waals surface area (Å²) in [5.41, 5.74) is 4.85. The van der Waals surface area contributed by atoms with Gasteiger partial charge in [0.2, 0.25) is 0 Å². The van der Waals surface area contributed by atoms with Crippen LogP contribution in [0.15, 0.2) is 48.5 Å². The molecule has 2 heteroatoms. The smallest absolute Gasteiger partial charge is 0.104 e. The summed E-state index contributed by atoms with van der Waals surface area (Å²) in [6.07, 6.45) is 5.55. The summed E-state index contributed by atoms with van der Waals surface area (Å²) in [5.74, 6) is 7.17. The summed E-state index contributed by atoms with van der Waals surface area (Å²) in [7, 11) is 0. The largest absolute Gasteiger partial charge is 0.375 e. The van der Waals surface area contributed by atoms with Crippen LogP contribution in [0.25, 0.3) is 0 Å². The van der Waals surface area contributed by atoms with Crippen LogP contribution in [0, 0.1) is 18.8 Å². The minimum Gasteiger partial charge on any atom is -0.375 e. The molecular weight excluding hydrogens is 320 g/mol. The molecule has 1 saturated carbocycles. The fourth-order valence-electron chi connectivity index (χ4n) is 3.59. The van der Waals surface area contributed by atoms with E-state index in [4.69, 9.17) is 9.47 Å². The zero-order chi connectivity index (χ0) is 17.8. The SMILES string of the molecule is Cc1ccc(C#Cc2ccc(C3CCC(OCC4CO4)CC3)cc2)cc1. The second kappa shape index (κ2) is 8.08. The number of hydrogen-bond acceptors (Lipinski definition) is 2. The van der Waals surface area contributed by atoms with Crippen molar-refractivity contribution in [1.82, 2.24) is 0 Å². The maximum absolute atomic E-state index is 5.95. The Kier molecular flexibility index (Phi) is 5.39. The number of hydrogen-bond donors (Lipinski definition) is 0. The molecule has 0 amide bonds. The molecule has 4 rings (SSSR count). The van der Waals surface area contributed by atoms with Gasteiger partial charge in [-0.3, -0.25) is 0 Å². The normalized spacial score (nSPS) is 24.6. The van der Waals surface area contributed by atoms with Crippen molar-refractivity contribution in [2.45, 2.75) is 50.7 Å². The molecule has 2 fully saturated rings. The molecule has 0 N–H and O–H groups in total. The van der Waals surface area contributed by atoms with E-state index in [1.807, 2.05) is 0 Å². The molecule has 2 aliphatic rings. The van der Waals surface area contributed by atoms with E-state index in [1.165, 1.54) is 24.0 Å². The monoisotopic (exact) mass is 346 g/mol. The maximum Gasteiger partial charge on any atom is 0.104 e. The standard InChI is InChI=1S/C24H26O2/c1-18-2-4-19(5-3-18)6-7-20-8-10-21(11-9-20)22-12-14-23(15-13-22)25-16-24-17-26-24/h2-5,8-11,22-24H,12-17H2,1H3. The van der Waals surface area contributed by atoms with Crippen molar-refractivity contribution in [2.75, 3.05) is 13.2 Å². The van der Waals surface area contributed by atoms with E-state index in [0.717, 1.165) is 37.2 Å². The fourth-order valence-corrected chi connectivity index (χ4v) is 3.59. The Morgan fingerprint density at radius 3 is 2.04 bits per heavy atom. The van der Waals surface area contributed by atoms with Gasteiger partial charge < -0.3 is 9.47 Å². The van der Waals surface area contributed by atoms with Gasteiger partial charge in [-0.2, -0.15) is 0 Å². The lowest BCUT2D eigenvalue weighted by Gasteiger charge is -2.28. The molecule has 0 spiro atoms. The lowest BCUT2D eigenvalue weighted by Crippen LogP contribution is -2.22. The molecule has 1 atom stereocenters. The van der Waals surface area contributed by atoms with Gasteiger partial charge in [0.15, 0.2) is 0 Å². The summed E-state index contributed by atoms with van der Waals surface area (Å²) >= 11 is 0. The number of aryl methyl sites for hydroxylation is 1. The third-order valence-electron chi connectivity index (χ3n) is 5.38. The number of epoxide rings is 1. The highest BCUT2D eigenvalue weighted by atomic mass is 16.6. The Labute approximate surface area is 156 Å². The van der Waals surface area contributed by atoms with E-state index < -0.39 is 0 Å². The summed E-state index contributed by atoms with van der Waals surface area (Å²) < 4.78 is 11.2. The first-order chi connectivity index (χ1) is 12.8. The molecule has 2 nitrogen and oxygen atoms in total. The molecule has 2 aromatic carbocycles. The fraction of sp³-hybridized carbons (Fsp3) is 0.417.